The van der Waals surface area contributed by atoms with Crippen LogP contribution in [0.4, 0.5) is 0 Å². The van der Waals surface area contributed by atoms with Gasteiger partial charge in [-0.3, -0.25) is 9.69 Å². The number of methoxy groups -OCH3 is 4. The van der Waals surface area contributed by atoms with E-state index in [0.717, 1.165) is 42.9 Å². The molecule has 0 radical (unpaired) electrons. The van der Waals surface area contributed by atoms with Gasteiger partial charge in [-0.25, -0.2) is 4.98 Å². The molecule has 9 heteroatoms. The average molecular weight is 448 g/mol. The second kappa shape index (κ2) is 11.3. The van der Waals surface area contributed by atoms with Crippen molar-refractivity contribution in [2.45, 2.75) is 32.6 Å². The number of rotatable bonds is 10. The van der Waals surface area contributed by atoms with E-state index in [2.05, 4.69) is 10.2 Å². The van der Waals surface area contributed by atoms with Crippen molar-refractivity contribution in [3.8, 4) is 23.0 Å². The maximum Gasteiger partial charge on any atom is 0.226 e. The van der Waals surface area contributed by atoms with Gasteiger partial charge in [-0.15, -0.1) is 0 Å². The zero-order valence-corrected chi connectivity index (χ0v) is 19.5. The van der Waals surface area contributed by atoms with Crippen LogP contribution in [0.5, 0.6) is 11.5 Å². The Morgan fingerprint density at radius 2 is 1.84 bits per heavy atom. The molecular formula is C23H33N3O6. The molecule has 9 nitrogen and oxygen atoms in total. The minimum atomic E-state index is -0.422. The molecule has 1 aliphatic heterocycles. The molecule has 0 spiro atoms. The predicted octanol–water partition coefficient (Wildman–Crippen LogP) is 2.61. The summed E-state index contributed by atoms with van der Waals surface area (Å²) in [5, 5.41) is 2.91. The normalized spacial score (nSPS) is 15.2. The van der Waals surface area contributed by atoms with E-state index in [0.29, 0.717) is 30.5 Å². The molecule has 1 aromatic heterocycles. The van der Waals surface area contributed by atoms with E-state index in [9.17, 15) is 4.79 Å². The highest BCUT2D eigenvalue weighted by Crippen LogP contribution is 2.33. The highest BCUT2D eigenvalue weighted by Gasteiger charge is 2.26. The van der Waals surface area contributed by atoms with Gasteiger partial charge < -0.3 is 28.7 Å². The minimum absolute atomic E-state index is 0.00124. The lowest BCUT2D eigenvalue weighted by molar-refractivity contribution is -0.132. The number of nitrogens with zero attached hydrogens (tertiary/aromatic N) is 2. The van der Waals surface area contributed by atoms with Crippen LogP contribution in [0.15, 0.2) is 22.6 Å². The van der Waals surface area contributed by atoms with Crippen molar-refractivity contribution in [2.75, 3.05) is 48.1 Å². The Balaban J connectivity index is 1.56. The fraction of sp³-hybridized carbons (Fsp3) is 0.565. The number of hydrogen-bond acceptors (Lipinski definition) is 8. The molecule has 0 bridgehead atoms. The second-order valence-electron chi connectivity index (χ2n) is 7.79. The van der Waals surface area contributed by atoms with Crippen molar-refractivity contribution in [3.05, 3.63) is 29.7 Å². The van der Waals surface area contributed by atoms with E-state index in [-0.39, 0.29) is 11.8 Å². The fourth-order valence-corrected chi connectivity index (χ4v) is 3.82. The summed E-state index contributed by atoms with van der Waals surface area (Å²) < 4.78 is 26.8. The molecule has 1 aliphatic rings. The van der Waals surface area contributed by atoms with Gasteiger partial charge in [0, 0.05) is 32.2 Å². The number of likely N-dealkylation sites (tertiary alicyclic amines) is 1. The summed E-state index contributed by atoms with van der Waals surface area (Å²) in [6.07, 6.45) is 1.18. The van der Waals surface area contributed by atoms with Crippen LogP contribution in [0.3, 0.4) is 0 Å². The van der Waals surface area contributed by atoms with Crippen LogP contribution in [-0.4, -0.2) is 70.2 Å². The van der Waals surface area contributed by atoms with Crippen LogP contribution >= 0.6 is 0 Å². The highest BCUT2D eigenvalue weighted by molar-refractivity contribution is 5.78. The molecule has 1 N–H and O–H groups in total. The molecule has 0 aliphatic carbocycles. The fourth-order valence-electron chi connectivity index (χ4n) is 3.82. The lowest BCUT2D eigenvalue weighted by Gasteiger charge is -2.31. The Morgan fingerprint density at radius 3 is 2.47 bits per heavy atom. The Bertz CT molecular complexity index is 888. The van der Waals surface area contributed by atoms with Gasteiger partial charge in [-0.2, -0.15) is 0 Å². The monoisotopic (exact) mass is 447 g/mol. The third kappa shape index (κ3) is 5.79. The van der Waals surface area contributed by atoms with Crippen molar-refractivity contribution < 1.29 is 28.2 Å². The summed E-state index contributed by atoms with van der Waals surface area (Å²) in [6.45, 7) is 4.62. The Labute approximate surface area is 189 Å². The molecule has 1 fully saturated rings. The van der Waals surface area contributed by atoms with Gasteiger partial charge in [-0.1, -0.05) is 0 Å². The number of ether oxygens (including phenoxy) is 4. The molecule has 32 heavy (non-hydrogen) atoms. The number of nitrogens with one attached hydrogen (secondary N) is 1. The molecule has 0 atom stereocenters. The Hall–Kier alpha value is -2.62. The van der Waals surface area contributed by atoms with E-state index in [1.165, 1.54) is 0 Å². The molecule has 3 rings (SSSR count). The van der Waals surface area contributed by atoms with Crippen LogP contribution in [0.1, 0.15) is 24.3 Å². The van der Waals surface area contributed by atoms with Gasteiger partial charge in [0.15, 0.2) is 17.8 Å². The zero-order chi connectivity index (χ0) is 23.1. The van der Waals surface area contributed by atoms with Crippen LogP contribution in [0.25, 0.3) is 11.5 Å². The van der Waals surface area contributed by atoms with Crippen molar-refractivity contribution in [3.63, 3.8) is 0 Å². The first-order valence-corrected chi connectivity index (χ1v) is 10.7. The number of oxazole rings is 1. The summed E-state index contributed by atoms with van der Waals surface area (Å²) in [7, 11) is 6.32. The number of piperidine rings is 1. The van der Waals surface area contributed by atoms with E-state index in [4.69, 9.17) is 28.3 Å². The third-order valence-corrected chi connectivity index (χ3v) is 5.82. The summed E-state index contributed by atoms with van der Waals surface area (Å²) in [5.41, 5.74) is 1.73. The minimum Gasteiger partial charge on any atom is -0.493 e. The third-order valence-electron chi connectivity index (χ3n) is 5.82. The topological polar surface area (TPSA) is 95.3 Å². The van der Waals surface area contributed by atoms with Crippen LogP contribution in [0.2, 0.25) is 0 Å². The number of carbonyl (C=O) groups is 1. The Morgan fingerprint density at radius 1 is 1.16 bits per heavy atom. The number of benzene rings is 1. The summed E-state index contributed by atoms with van der Waals surface area (Å²) in [5.74, 6) is 2.69. The van der Waals surface area contributed by atoms with Crippen molar-refractivity contribution in [1.82, 2.24) is 15.2 Å². The van der Waals surface area contributed by atoms with E-state index in [1.807, 2.05) is 25.1 Å². The average Bonchev–Trinajstić information content (AvgIpc) is 3.19. The number of carbonyl (C=O) groups excluding carboxylic acids is 1. The van der Waals surface area contributed by atoms with Crippen molar-refractivity contribution in [2.24, 2.45) is 5.92 Å². The number of amides is 1. The molecule has 1 aromatic carbocycles. The van der Waals surface area contributed by atoms with E-state index < -0.39 is 6.29 Å². The zero-order valence-electron chi connectivity index (χ0n) is 19.5. The molecule has 2 aromatic rings. The number of hydrogen-bond donors (Lipinski definition) is 1. The lowest BCUT2D eigenvalue weighted by Crippen LogP contribution is -2.42. The van der Waals surface area contributed by atoms with Gasteiger partial charge in [0.2, 0.25) is 11.8 Å². The first-order chi connectivity index (χ1) is 15.5. The summed E-state index contributed by atoms with van der Waals surface area (Å²) in [6, 6.07) is 5.60. The first-order valence-electron chi connectivity index (χ1n) is 10.7. The van der Waals surface area contributed by atoms with Crippen molar-refractivity contribution >= 4 is 5.91 Å². The van der Waals surface area contributed by atoms with E-state index in [1.54, 1.807) is 28.4 Å². The summed E-state index contributed by atoms with van der Waals surface area (Å²) >= 11 is 0. The first kappa shape index (κ1) is 24.0. The SMILES string of the molecule is COc1ccc(-c2nc(CN3CCC(C(=O)NCC(OC)OC)CC3)c(C)o2)cc1OC. The molecule has 2 heterocycles. The molecule has 1 amide bonds. The van der Waals surface area contributed by atoms with Crippen LogP contribution in [0, 0.1) is 12.8 Å². The van der Waals surface area contributed by atoms with Gasteiger partial charge in [-0.05, 0) is 51.1 Å². The predicted molar refractivity (Wildman–Crippen MR) is 119 cm³/mol. The Kier molecular flexibility index (Phi) is 8.49. The molecular weight excluding hydrogens is 414 g/mol. The molecule has 0 saturated carbocycles. The van der Waals surface area contributed by atoms with Gasteiger partial charge >= 0.3 is 0 Å². The van der Waals surface area contributed by atoms with Gasteiger partial charge in [0.1, 0.15) is 5.76 Å². The molecule has 176 valence electrons. The highest BCUT2D eigenvalue weighted by atomic mass is 16.7. The largest absolute Gasteiger partial charge is 0.493 e. The van der Waals surface area contributed by atoms with Gasteiger partial charge in [0.05, 0.1) is 26.5 Å². The van der Waals surface area contributed by atoms with E-state index >= 15 is 0 Å². The smallest absolute Gasteiger partial charge is 0.226 e. The van der Waals surface area contributed by atoms with Crippen LogP contribution < -0.4 is 14.8 Å². The molecule has 1 saturated heterocycles. The number of aryl methyl sites for hydroxylation is 1. The second-order valence-corrected chi connectivity index (χ2v) is 7.79. The lowest BCUT2D eigenvalue weighted by atomic mass is 9.96. The van der Waals surface area contributed by atoms with Crippen LogP contribution in [-0.2, 0) is 20.8 Å². The number of aromatic nitrogens is 1. The van der Waals surface area contributed by atoms with Gasteiger partial charge in [0.25, 0.3) is 0 Å². The maximum absolute atomic E-state index is 12.4. The standard InChI is InChI=1S/C23H33N3O6/c1-15-18(25-23(32-15)17-6-7-19(28-2)20(12-17)29-3)14-26-10-8-16(9-11-26)22(27)24-13-21(30-4)31-5/h6-7,12,16,21H,8-11,13-14H2,1-5H3,(H,24,27). The quantitative estimate of drug-likeness (QED) is 0.556. The maximum atomic E-state index is 12.4. The molecule has 0 unspecified atom stereocenters. The van der Waals surface area contributed by atoms with Crippen molar-refractivity contribution in [1.29, 1.82) is 0 Å². The summed E-state index contributed by atoms with van der Waals surface area (Å²) in [4.78, 5) is 19.4.